The van der Waals surface area contributed by atoms with Gasteiger partial charge in [-0.05, 0) is 25.5 Å². The van der Waals surface area contributed by atoms with Gasteiger partial charge in [0.1, 0.15) is 5.75 Å². The van der Waals surface area contributed by atoms with Gasteiger partial charge in [-0.15, -0.1) is 0 Å². The molecule has 4 nitrogen and oxygen atoms in total. The molecule has 0 heterocycles. The predicted molar refractivity (Wildman–Crippen MR) is 78.1 cm³/mol. The summed E-state index contributed by atoms with van der Waals surface area (Å²) in [5.74, 6) is 0.251. The molecule has 0 saturated heterocycles. The molecular weight excluding hydrogens is 310 g/mol. The maximum absolute atomic E-state index is 11.5. The standard InChI is InChI=1S/C14H20BrNO3/c1-3-4-7-18-14(17)9-19-13-8-11(15)5-6-12(13)10(2)16/h5-6,8,10H,3-4,7,9,16H2,1-2H3/t10-/m0/s1. The third-order valence-electron chi connectivity index (χ3n) is 2.57. The van der Waals surface area contributed by atoms with Crippen LogP contribution in [0, 0.1) is 0 Å². The molecule has 1 aromatic carbocycles. The zero-order valence-electron chi connectivity index (χ0n) is 11.3. The zero-order chi connectivity index (χ0) is 14.3. The van der Waals surface area contributed by atoms with Crippen molar-refractivity contribution in [3.05, 3.63) is 28.2 Å². The number of carbonyl (C=O) groups excluding carboxylic acids is 1. The number of benzene rings is 1. The van der Waals surface area contributed by atoms with Gasteiger partial charge in [0, 0.05) is 16.1 Å². The molecule has 1 rings (SSSR count). The zero-order valence-corrected chi connectivity index (χ0v) is 12.9. The molecule has 0 aromatic heterocycles. The molecule has 1 atom stereocenters. The van der Waals surface area contributed by atoms with Crippen LogP contribution in [0.4, 0.5) is 0 Å². The normalized spacial score (nSPS) is 12.0. The van der Waals surface area contributed by atoms with Gasteiger partial charge in [-0.1, -0.05) is 35.3 Å². The van der Waals surface area contributed by atoms with Crippen LogP contribution in [0.15, 0.2) is 22.7 Å². The fourth-order valence-electron chi connectivity index (χ4n) is 1.52. The number of ether oxygens (including phenoxy) is 2. The molecule has 0 aliphatic carbocycles. The first kappa shape index (κ1) is 16.0. The Labute approximate surface area is 122 Å². The number of hydrogen-bond acceptors (Lipinski definition) is 4. The first-order valence-electron chi connectivity index (χ1n) is 6.38. The van der Waals surface area contributed by atoms with Crippen LogP contribution in [0.1, 0.15) is 38.3 Å². The summed E-state index contributed by atoms with van der Waals surface area (Å²) in [7, 11) is 0. The number of unbranched alkanes of at least 4 members (excludes halogenated alkanes) is 1. The topological polar surface area (TPSA) is 61.5 Å². The van der Waals surface area contributed by atoms with Gasteiger partial charge in [-0.25, -0.2) is 4.79 Å². The molecule has 2 N–H and O–H groups in total. The van der Waals surface area contributed by atoms with Crippen molar-refractivity contribution in [2.24, 2.45) is 5.73 Å². The van der Waals surface area contributed by atoms with Crippen molar-refractivity contribution in [1.82, 2.24) is 0 Å². The van der Waals surface area contributed by atoms with Crippen LogP contribution in [-0.2, 0) is 9.53 Å². The Balaban J connectivity index is 2.56. The van der Waals surface area contributed by atoms with E-state index < -0.39 is 0 Å². The fourth-order valence-corrected chi connectivity index (χ4v) is 1.86. The number of halogens is 1. The van der Waals surface area contributed by atoms with Crippen LogP contribution >= 0.6 is 15.9 Å². The third kappa shape index (κ3) is 5.61. The molecule has 0 bridgehead atoms. The van der Waals surface area contributed by atoms with Gasteiger partial charge in [0.15, 0.2) is 6.61 Å². The van der Waals surface area contributed by atoms with Gasteiger partial charge < -0.3 is 15.2 Å². The molecule has 0 saturated carbocycles. The summed E-state index contributed by atoms with van der Waals surface area (Å²) in [6, 6.07) is 5.43. The van der Waals surface area contributed by atoms with E-state index in [1.807, 2.05) is 26.0 Å². The number of rotatable bonds is 7. The van der Waals surface area contributed by atoms with E-state index in [9.17, 15) is 4.79 Å². The lowest BCUT2D eigenvalue weighted by Crippen LogP contribution is -2.17. The SMILES string of the molecule is CCCCOC(=O)COc1cc(Br)ccc1[C@H](C)N. The van der Waals surface area contributed by atoms with Crippen LogP contribution in [0.5, 0.6) is 5.75 Å². The van der Waals surface area contributed by atoms with Gasteiger partial charge in [0.25, 0.3) is 0 Å². The lowest BCUT2D eigenvalue weighted by molar-refractivity contribution is -0.146. The first-order valence-corrected chi connectivity index (χ1v) is 7.17. The summed E-state index contributed by atoms with van der Waals surface area (Å²) in [6.45, 7) is 4.26. The number of esters is 1. The molecule has 0 spiro atoms. The molecule has 1 aromatic rings. The summed E-state index contributed by atoms with van der Waals surface area (Å²) < 4.78 is 11.4. The van der Waals surface area contributed by atoms with E-state index >= 15 is 0 Å². The highest BCUT2D eigenvalue weighted by Gasteiger charge is 2.11. The number of nitrogens with two attached hydrogens (primary N) is 1. The highest BCUT2D eigenvalue weighted by molar-refractivity contribution is 9.10. The molecule has 5 heteroatoms. The van der Waals surface area contributed by atoms with Crippen molar-refractivity contribution < 1.29 is 14.3 Å². The summed E-state index contributed by atoms with van der Waals surface area (Å²) in [5, 5.41) is 0. The molecule has 0 aliphatic heterocycles. The fraction of sp³-hybridized carbons (Fsp3) is 0.500. The maximum atomic E-state index is 11.5. The van der Waals surface area contributed by atoms with Gasteiger partial charge in [-0.3, -0.25) is 0 Å². The monoisotopic (exact) mass is 329 g/mol. The van der Waals surface area contributed by atoms with Crippen LogP contribution in [0.25, 0.3) is 0 Å². The second-order valence-corrected chi connectivity index (χ2v) is 5.25. The van der Waals surface area contributed by atoms with Gasteiger partial charge in [0.05, 0.1) is 6.61 Å². The van der Waals surface area contributed by atoms with Crippen molar-refractivity contribution in [2.75, 3.05) is 13.2 Å². The van der Waals surface area contributed by atoms with Crippen molar-refractivity contribution >= 4 is 21.9 Å². The molecular formula is C14H20BrNO3. The Morgan fingerprint density at radius 2 is 2.21 bits per heavy atom. The predicted octanol–water partition coefficient (Wildman–Crippen LogP) is 3.19. The van der Waals surface area contributed by atoms with Crippen LogP contribution < -0.4 is 10.5 Å². The van der Waals surface area contributed by atoms with E-state index in [0.717, 1.165) is 22.9 Å². The van der Waals surface area contributed by atoms with E-state index in [1.165, 1.54) is 0 Å². The lowest BCUT2D eigenvalue weighted by atomic mass is 10.1. The quantitative estimate of drug-likeness (QED) is 0.616. The van der Waals surface area contributed by atoms with Gasteiger partial charge in [0.2, 0.25) is 0 Å². The maximum Gasteiger partial charge on any atom is 0.344 e. The minimum Gasteiger partial charge on any atom is -0.482 e. The van der Waals surface area contributed by atoms with Crippen LogP contribution in [-0.4, -0.2) is 19.2 Å². The van der Waals surface area contributed by atoms with E-state index in [1.54, 1.807) is 6.07 Å². The van der Waals surface area contributed by atoms with Crippen molar-refractivity contribution in [3.63, 3.8) is 0 Å². The van der Waals surface area contributed by atoms with E-state index in [-0.39, 0.29) is 18.6 Å². The molecule has 0 amide bonds. The van der Waals surface area contributed by atoms with Crippen molar-refractivity contribution in [2.45, 2.75) is 32.7 Å². The minimum absolute atomic E-state index is 0.0973. The minimum atomic E-state index is -0.357. The number of carbonyl (C=O) groups is 1. The Kier molecular flexibility index (Phi) is 6.87. The third-order valence-corrected chi connectivity index (χ3v) is 3.07. The number of hydrogen-bond donors (Lipinski definition) is 1. The van der Waals surface area contributed by atoms with Gasteiger partial charge in [-0.2, -0.15) is 0 Å². The smallest absolute Gasteiger partial charge is 0.344 e. The average molecular weight is 330 g/mol. The molecule has 0 radical (unpaired) electrons. The second kappa shape index (κ2) is 8.17. The van der Waals surface area contributed by atoms with Crippen molar-refractivity contribution in [1.29, 1.82) is 0 Å². The summed E-state index contributed by atoms with van der Waals surface area (Å²) in [6.07, 6.45) is 1.86. The second-order valence-electron chi connectivity index (χ2n) is 4.33. The van der Waals surface area contributed by atoms with Crippen LogP contribution in [0.2, 0.25) is 0 Å². The van der Waals surface area contributed by atoms with E-state index in [2.05, 4.69) is 15.9 Å². The largest absolute Gasteiger partial charge is 0.482 e. The lowest BCUT2D eigenvalue weighted by Gasteiger charge is -2.14. The highest BCUT2D eigenvalue weighted by atomic mass is 79.9. The Morgan fingerprint density at radius 3 is 2.84 bits per heavy atom. The Hall–Kier alpha value is -1.07. The summed E-state index contributed by atoms with van der Waals surface area (Å²) in [5.41, 5.74) is 6.72. The van der Waals surface area contributed by atoms with E-state index in [0.29, 0.717) is 12.4 Å². The van der Waals surface area contributed by atoms with Crippen molar-refractivity contribution in [3.8, 4) is 5.75 Å². The molecule has 0 unspecified atom stereocenters. The summed E-state index contributed by atoms with van der Waals surface area (Å²) in [4.78, 5) is 11.5. The average Bonchev–Trinajstić information content (AvgIpc) is 2.36. The molecule has 106 valence electrons. The van der Waals surface area contributed by atoms with Crippen LogP contribution in [0.3, 0.4) is 0 Å². The first-order chi connectivity index (χ1) is 9.04. The molecule has 0 aliphatic rings. The Bertz CT molecular complexity index is 421. The van der Waals surface area contributed by atoms with Gasteiger partial charge >= 0.3 is 5.97 Å². The Morgan fingerprint density at radius 1 is 1.47 bits per heavy atom. The highest BCUT2D eigenvalue weighted by Crippen LogP contribution is 2.27. The molecule has 0 fully saturated rings. The van der Waals surface area contributed by atoms with E-state index in [4.69, 9.17) is 15.2 Å². The summed E-state index contributed by atoms with van der Waals surface area (Å²) >= 11 is 3.37. The molecule has 19 heavy (non-hydrogen) atoms.